The molecule has 0 fully saturated rings. The molecule has 0 amide bonds. The van der Waals surface area contributed by atoms with Gasteiger partial charge in [-0.25, -0.2) is 4.57 Å². The monoisotopic (exact) mass is 804 g/mol. The van der Waals surface area contributed by atoms with Gasteiger partial charge in [-0.15, -0.1) is 0 Å². The third kappa shape index (κ3) is 38.9. The molecule has 0 aromatic rings. The summed E-state index contributed by atoms with van der Waals surface area (Å²) < 4.78 is 32.7. The summed E-state index contributed by atoms with van der Waals surface area (Å²) in [6, 6.07) is -1.52. The summed E-state index contributed by atoms with van der Waals surface area (Å²) in [5.74, 6) is -2.37. The van der Waals surface area contributed by atoms with Crippen molar-refractivity contribution in [2.75, 3.05) is 19.8 Å². The van der Waals surface area contributed by atoms with Gasteiger partial charge < -0.3 is 25.2 Å². The molecule has 0 rings (SSSR count). The van der Waals surface area contributed by atoms with E-state index in [1.807, 2.05) is 0 Å². The molecule has 0 spiro atoms. The second-order valence-corrected chi connectivity index (χ2v) is 16.6. The highest BCUT2D eigenvalue weighted by Gasteiger charge is 2.28. The van der Waals surface area contributed by atoms with Crippen molar-refractivity contribution in [3.63, 3.8) is 0 Å². The van der Waals surface area contributed by atoms with Gasteiger partial charge in [0, 0.05) is 12.8 Å². The Morgan fingerprint density at radius 3 is 1.33 bits per heavy atom. The zero-order valence-corrected chi connectivity index (χ0v) is 35.9. The van der Waals surface area contributed by atoms with Crippen LogP contribution in [0.15, 0.2) is 12.2 Å². The lowest BCUT2D eigenvalue weighted by atomic mass is 10.0. The lowest BCUT2D eigenvalue weighted by Gasteiger charge is -2.20. The zero-order valence-electron chi connectivity index (χ0n) is 35.0. The molecule has 11 nitrogen and oxygen atoms in total. The predicted molar refractivity (Wildman–Crippen MR) is 222 cm³/mol. The number of hydrogen-bond donors (Lipinski definition) is 3. The molecule has 4 N–H and O–H groups in total. The van der Waals surface area contributed by atoms with Crippen LogP contribution in [0.5, 0.6) is 0 Å². The summed E-state index contributed by atoms with van der Waals surface area (Å²) in [6.07, 6.45) is 38.5. The first-order valence-corrected chi connectivity index (χ1v) is 23.7. The Bertz CT molecular complexity index is 995. The van der Waals surface area contributed by atoms with Crippen molar-refractivity contribution < 1.29 is 47.5 Å². The van der Waals surface area contributed by atoms with Crippen LogP contribution in [0.4, 0.5) is 0 Å². The van der Waals surface area contributed by atoms with Crippen LogP contribution in [-0.2, 0) is 37.5 Å². The van der Waals surface area contributed by atoms with Crippen LogP contribution in [0.1, 0.15) is 213 Å². The molecular weight excluding hydrogens is 721 g/mol. The first-order chi connectivity index (χ1) is 26.6. The van der Waals surface area contributed by atoms with Crippen LogP contribution < -0.4 is 5.73 Å². The highest BCUT2D eigenvalue weighted by molar-refractivity contribution is 7.47. The van der Waals surface area contributed by atoms with Gasteiger partial charge in [-0.05, 0) is 38.5 Å². The number of rotatable bonds is 42. The summed E-state index contributed by atoms with van der Waals surface area (Å²) in [7, 11) is -4.71. The molecule has 3 atom stereocenters. The van der Waals surface area contributed by atoms with Gasteiger partial charge in [-0.1, -0.05) is 174 Å². The van der Waals surface area contributed by atoms with Gasteiger partial charge in [0.2, 0.25) is 0 Å². The van der Waals surface area contributed by atoms with E-state index in [0.29, 0.717) is 12.8 Å². The van der Waals surface area contributed by atoms with Gasteiger partial charge in [-0.3, -0.25) is 23.4 Å². The molecule has 0 aliphatic carbocycles. The molecule has 0 radical (unpaired) electrons. The molecule has 324 valence electrons. The molecule has 0 saturated heterocycles. The SMILES string of the molecule is CCCCCCCC/C=C/CCCCCCCCCCCC(=O)OC[C@@H](COP(=O)(O)OC[C@@H](N)C(=O)O)OC(=O)CCCCCCCCCCCCCC. The highest BCUT2D eigenvalue weighted by Crippen LogP contribution is 2.43. The first kappa shape index (κ1) is 53.2. The fraction of sp³-hybridized carbons (Fsp3) is 0.884. The van der Waals surface area contributed by atoms with Gasteiger partial charge in [0.25, 0.3) is 0 Å². The van der Waals surface area contributed by atoms with Crippen molar-refractivity contribution in [3.8, 4) is 0 Å². The zero-order chi connectivity index (χ0) is 40.7. The third-order valence-electron chi connectivity index (χ3n) is 9.76. The topological polar surface area (TPSA) is 172 Å². The predicted octanol–water partition coefficient (Wildman–Crippen LogP) is 11.7. The van der Waals surface area contributed by atoms with E-state index in [2.05, 4.69) is 30.5 Å². The number of carboxylic acids is 1. The number of esters is 2. The lowest BCUT2D eigenvalue weighted by molar-refractivity contribution is -0.161. The van der Waals surface area contributed by atoms with Crippen molar-refractivity contribution in [2.24, 2.45) is 5.73 Å². The maximum Gasteiger partial charge on any atom is 0.472 e. The number of carbonyl (C=O) groups is 3. The molecular formula is C43H82NO10P. The number of phosphoric acid groups is 1. The van der Waals surface area contributed by atoms with Crippen molar-refractivity contribution in [1.82, 2.24) is 0 Å². The minimum absolute atomic E-state index is 0.166. The van der Waals surface area contributed by atoms with E-state index in [-0.39, 0.29) is 19.4 Å². The van der Waals surface area contributed by atoms with Gasteiger partial charge in [0.15, 0.2) is 6.10 Å². The fourth-order valence-corrected chi connectivity index (χ4v) is 7.02. The Balaban J connectivity index is 4.28. The number of unbranched alkanes of at least 4 members (excludes halogenated alkanes) is 26. The van der Waals surface area contributed by atoms with E-state index in [9.17, 15) is 23.8 Å². The van der Waals surface area contributed by atoms with Crippen LogP contribution in [-0.4, -0.2) is 59.9 Å². The van der Waals surface area contributed by atoms with Crippen molar-refractivity contribution in [1.29, 1.82) is 0 Å². The summed E-state index contributed by atoms with van der Waals surface area (Å²) in [5.41, 5.74) is 5.33. The number of nitrogens with two attached hydrogens (primary N) is 1. The van der Waals surface area contributed by atoms with E-state index in [1.54, 1.807) is 0 Å². The van der Waals surface area contributed by atoms with Crippen LogP contribution in [0.2, 0.25) is 0 Å². The van der Waals surface area contributed by atoms with Gasteiger partial charge in [0.05, 0.1) is 13.2 Å². The normalized spacial score (nSPS) is 13.8. The van der Waals surface area contributed by atoms with Crippen LogP contribution in [0, 0.1) is 0 Å². The average molecular weight is 804 g/mol. The largest absolute Gasteiger partial charge is 0.480 e. The Hall–Kier alpha value is -1.78. The Labute approximate surface area is 335 Å². The molecule has 0 aromatic heterocycles. The Morgan fingerprint density at radius 1 is 0.545 bits per heavy atom. The molecule has 0 aliphatic heterocycles. The van der Waals surface area contributed by atoms with Crippen LogP contribution in [0.25, 0.3) is 0 Å². The van der Waals surface area contributed by atoms with Crippen LogP contribution in [0.3, 0.4) is 0 Å². The maximum absolute atomic E-state index is 12.6. The number of ether oxygens (including phenoxy) is 2. The number of allylic oxidation sites excluding steroid dienone is 2. The Kier molecular flexibility index (Phi) is 37.8. The van der Waals surface area contributed by atoms with Gasteiger partial charge >= 0.3 is 25.7 Å². The fourth-order valence-electron chi connectivity index (χ4n) is 6.24. The van der Waals surface area contributed by atoms with E-state index < -0.39 is 51.1 Å². The summed E-state index contributed by atoms with van der Waals surface area (Å²) in [4.78, 5) is 45.9. The number of aliphatic carboxylic acids is 1. The van der Waals surface area contributed by atoms with Crippen molar-refractivity contribution in [3.05, 3.63) is 12.2 Å². The summed E-state index contributed by atoms with van der Waals surface area (Å²) in [5, 5.41) is 8.88. The van der Waals surface area contributed by atoms with Crippen LogP contribution >= 0.6 is 7.82 Å². The smallest absolute Gasteiger partial charge is 0.472 e. The van der Waals surface area contributed by atoms with Gasteiger partial charge in [0.1, 0.15) is 12.6 Å². The quantitative estimate of drug-likeness (QED) is 0.0232. The van der Waals surface area contributed by atoms with E-state index >= 15 is 0 Å². The average Bonchev–Trinajstić information content (AvgIpc) is 3.16. The molecule has 0 aliphatic rings. The molecule has 55 heavy (non-hydrogen) atoms. The van der Waals surface area contributed by atoms with Gasteiger partial charge in [-0.2, -0.15) is 0 Å². The minimum Gasteiger partial charge on any atom is -0.480 e. The standard InChI is InChI=1S/C43H82NO10P/c1-3-5-7-9-11-13-15-17-18-19-20-21-22-23-25-26-28-30-32-34-41(45)51-36-39(37-52-55(49,50)53-38-40(44)43(47)48)54-42(46)35-33-31-29-27-24-16-14-12-10-8-6-4-2/h17-18,39-40H,3-16,19-38,44H2,1-2H3,(H,47,48)(H,49,50)/b18-17+/t39-,40+/m0/s1. The molecule has 0 bridgehead atoms. The van der Waals surface area contributed by atoms with Crippen molar-refractivity contribution >= 4 is 25.7 Å². The second-order valence-electron chi connectivity index (χ2n) is 15.2. The molecule has 0 heterocycles. The Morgan fingerprint density at radius 2 is 0.909 bits per heavy atom. The number of hydrogen-bond acceptors (Lipinski definition) is 9. The molecule has 1 unspecified atom stereocenters. The summed E-state index contributed by atoms with van der Waals surface area (Å²) in [6.45, 7) is 2.81. The highest BCUT2D eigenvalue weighted by atomic mass is 31.2. The van der Waals surface area contributed by atoms with Crippen molar-refractivity contribution in [2.45, 2.75) is 225 Å². The van der Waals surface area contributed by atoms with E-state index in [4.69, 9.17) is 24.8 Å². The third-order valence-corrected chi connectivity index (χ3v) is 10.7. The molecule has 0 saturated carbocycles. The number of phosphoric ester groups is 1. The van der Waals surface area contributed by atoms with E-state index in [1.165, 1.54) is 135 Å². The second kappa shape index (κ2) is 39.1. The molecule has 0 aromatic carbocycles. The number of carbonyl (C=O) groups excluding carboxylic acids is 2. The minimum atomic E-state index is -4.71. The maximum atomic E-state index is 12.6. The molecule has 12 heteroatoms. The van der Waals surface area contributed by atoms with E-state index in [0.717, 1.165) is 38.5 Å². The number of carboxylic acid groups (broad SMARTS) is 1. The lowest BCUT2D eigenvalue weighted by Crippen LogP contribution is -2.34. The summed E-state index contributed by atoms with van der Waals surface area (Å²) >= 11 is 0. The first-order valence-electron chi connectivity index (χ1n) is 22.2.